The highest BCUT2D eigenvalue weighted by Crippen LogP contribution is 2.37. The van der Waals surface area contributed by atoms with Crippen LogP contribution in [-0.4, -0.2) is 24.0 Å². The van der Waals surface area contributed by atoms with E-state index >= 15 is 0 Å². The number of nitrogens with zero attached hydrogens (tertiary/aromatic N) is 2. The summed E-state index contributed by atoms with van der Waals surface area (Å²) in [7, 11) is 1.55. The van der Waals surface area contributed by atoms with Gasteiger partial charge in [-0.1, -0.05) is 29.8 Å². The van der Waals surface area contributed by atoms with Gasteiger partial charge in [-0.2, -0.15) is 0 Å². The molecule has 0 spiro atoms. The Hall–Kier alpha value is -3.05. The molecule has 0 aliphatic carbocycles. The van der Waals surface area contributed by atoms with Crippen LogP contribution < -0.4 is 15.0 Å². The molecule has 1 atom stereocenters. The van der Waals surface area contributed by atoms with E-state index in [9.17, 15) is 4.79 Å². The van der Waals surface area contributed by atoms with Gasteiger partial charge in [-0.3, -0.25) is 4.79 Å². The Kier molecular flexibility index (Phi) is 4.92. The van der Waals surface area contributed by atoms with E-state index in [-0.39, 0.29) is 5.91 Å². The average Bonchev–Trinajstić information content (AvgIpc) is 3.04. The van der Waals surface area contributed by atoms with Crippen LogP contribution >= 0.6 is 11.6 Å². The fourth-order valence-corrected chi connectivity index (χ4v) is 3.82. The van der Waals surface area contributed by atoms with E-state index in [1.54, 1.807) is 37.6 Å². The zero-order valence-corrected chi connectivity index (χ0v) is 16.4. The van der Waals surface area contributed by atoms with E-state index in [2.05, 4.69) is 40.3 Å². The molecular weight excluding hydrogens is 374 g/mol. The molecule has 0 saturated carbocycles. The van der Waals surface area contributed by atoms with Crippen molar-refractivity contribution in [3.63, 3.8) is 0 Å². The summed E-state index contributed by atoms with van der Waals surface area (Å²) in [6.45, 7) is 2.19. The Balaban J connectivity index is 1.52. The average molecular weight is 394 g/mol. The summed E-state index contributed by atoms with van der Waals surface area (Å²) in [4.78, 5) is 19.1. The van der Waals surface area contributed by atoms with Gasteiger partial charge in [0.05, 0.1) is 24.0 Å². The van der Waals surface area contributed by atoms with Crippen molar-refractivity contribution < 1.29 is 9.53 Å². The number of fused-ring (bicyclic) bond motifs is 1. The molecule has 142 valence electrons. The van der Waals surface area contributed by atoms with Crippen LogP contribution in [0, 0.1) is 0 Å². The summed E-state index contributed by atoms with van der Waals surface area (Å²) >= 11 is 6.11. The number of halogens is 1. The quantitative estimate of drug-likeness (QED) is 0.671. The second-order valence-electron chi connectivity index (χ2n) is 6.76. The predicted molar refractivity (Wildman–Crippen MR) is 112 cm³/mol. The number of para-hydroxylation sites is 1. The standard InChI is InChI=1S/C22H20ClN3O2/c1-14-11-15-5-3-4-6-20(15)26(14)17-8-9-19(24-13-17)22(27)25-16-7-10-21(28-2)18(23)12-16/h3-10,12-14H,11H2,1-2H3,(H,25,27). The van der Waals surface area contributed by atoms with Crippen LogP contribution in [0.2, 0.25) is 5.02 Å². The molecule has 2 aromatic carbocycles. The van der Waals surface area contributed by atoms with Crippen molar-refractivity contribution >= 4 is 34.6 Å². The molecule has 1 aromatic heterocycles. The molecule has 6 heteroatoms. The van der Waals surface area contributed by atoms with Crippen LogP contribution in [0.4, 0.5) is 17.1 Å². The monoisotopic (exact) mass is 393 g/mol. The molecule has 1 aliphatic heterocycles. The Morgan fingerprint density at radius 3 is 2.75 bits per heavy atom. The van der Waals surface area contributed by atoms with Crippen LogP contribution in [0.5, 0.6) is 5.75 Å². The van der Waals surface area contributed by atoms with Gasteiger partial charge < -0.3 is 15.0 Å². The maximum absolute atomic E-state index is 12.5. The number of carbonyl (C=O) groups is 1. The normalized spacial score (nSPS) is 15.2. The van der Waals surface area contributed by atoms with Crippen molar-refractivity contribution in [2.45, 2.75) is 19.4 Å². The van der Waals surface area contributed by atoms with Gasteiger partial charge in [0.25, 0.3) is 5.91 Å². The van der Waals surface area contributed by atoms with Crippen LogP contribution in [0.3, 0.4) is 0 Å². The first-order valence-electron chi connectivity index (χ1n) is 9.05. The number of amides is 1. The van der Waals surface area contributed by atoms with Crippen molar-refractivity contribution in [1.82, 2.24) is 4.98 Å². The van der Waals surface area contributed by atoms with Crippen molar-refractivity contribution in [2.75, 3.05) is 17.3 Å². The van der Waals surface area contributed by atoms with Crippen LogP contribution in [0.25, 0.3) is 0 Å². The lowest BCUT2D eigenvalue weighted by Crippen LogP contribution is -2.24. The van der Waals surface area contributed by atoms with Gasteiger partial charge in [0, 0.05) is 17.4 Å². The minimum atomic E-state index is -0.289. The summed E-state index contributed by atoms with van der Waals surface area (Å²) in [5.41, 5.74) is 4.43. The summed E-state index contributed by atoms with van der Waals surface area (Å²) in [5, 5.41) is 3.24. The van der Waals surface area contributed by atoms with E-state index < -0.39 is 0 Å². The number of anilines is 3. The largest absolute Gasteiger partial charge is 0.495 e. The first-order chi connectivity index (χ1) is 13.6. The van der Waals surface area contributed by atoms with Gasteiger partial charge in [0.1, 0.15) is 11.4 Å². The van der Waals surface area contributed by atoms with Crippen LogP contribution in [0.1, 0.15) is 23.0 Å². The Morgan fingerprint density at radius 2 is 2.04 bits per heavy atom. The number of hydrogen-bond donors (Lipinski definition) is 1. The molecule has 28 heavy (non-hydrogen) atoms. The van der Waals surface area contributed by atoms with Gasteiger partial charge >= 0.3 is 0 Å². The highest BCUT2D eigenvalue weighted by Gasteiger charge is 2.27. The van der Waals surface area contributed by atoms with Crippen molar-refractivity contribution in [2.24, 2.45) is 0 Å². The molecule has 1 amide bonds. The number of benzene rings is 2. The molecule has 0 saturated heterocycles. The molecule has 0 radical (unpaired) electrons. The van der Waals surface area contributed by atoms with E-state index in [0.29, 0.717) is 28.2 Å². The number of methoxy groups -OCH3 is 1. The number of rotatable bonds is 4. The van der Waals surface area contributed by atoms with E-state index in [4.69, 9.17) is 16.3 Å². The van der Waals surface area contributed by atoms with Crippen molar-refractivity contribution in [1.29, 1.82) is 0 Å². The fraction of sp³-hybridized carbons (Fsp3) is 0.182. The zero-order valence-electron chi connectivity index (χ0n) is 15.6. The number of carbonyl (C=O) groups excluding carboxylic acids is 1. The highest BCUT2D eigenvalue weighted by molar-refractivity contribution is 6.32. The molecule has 2 heterocycles. The van der Waals surface area contributed by atoms with Crippen LogP contribution in [0.15, 0.2) is 60.8 Å². The second kappa shape index (κ2) is 7.52. The molecule has 1 unspecified atom stereocenters. The third kappa shape index (κ3) is 3.41. The van der Waals surface area contributed by atoms with Crippen molar-refractivity contribution in [3.8, 4) is 5.75 Å². The maximum atomic E-state index is 12.5. The Morgan fingerprint density at radius 1 is 1.21 bits per heavy atom. The highest BCUT2D eigenvalue weighted by atomic mass is 35.5. The molecule has 1 N–H and O–H groups in total. The van der Waals surface area contributed by atoms with Crippen molar-refractivity contribution in [3.05, 3.63) is 77.1 Å². The zero-order chi connectivity index (χ0) is 19.7. The van der Waals surface area contributed by atoms with Gasteiger partial charge in [0.2, 0.25) is 0 Å². The molecule has 3 aromatic rings. The number of ether oxygens (including phenoxy) is 1. The lowest BCUT2D eigenvalue weighted by Gasteiger charge is -2.24. The lowest BCUT2D eigenvalue weighted by molar-refractivity contribution is 0.102. The van der Waals surface area contributed by atoms with E-state index in [1.807, 2.05) is 12.1 Å². The molecular formula is C22H20ClN3O2. The Labute approximate surface area is 168 Å². The second-order valence-corrected chi connectivity index (χ2v) is 7.16. The predicted octanol–water partition coefficient (Wildman–Crippen LogP) is 5.08. The fourth-order valence-electron chi connectivity index (χ4n) is 3.56. The smallest absolute Gasteiger partial charge is 0.274 e. The molecule has 0 bridgehead atoms. The third-order valence-corrected chi connectivity index (χ3v) is 5.17. The number of pyridine rings is 1. The lowest BCUT2D eigenvalue weighted by atomic mass is 10.1. The summed E-state index contributed by atoms with van der Waals surface area (Å²) in [5.74, 6) is 0.268. The van der Waals surface area contributed by atoms with E-state index in [1.165, 1.54) is 11.3 Å². The van der Waals surface area contributed by atoms with E-state index in [0.717, 1.165) is 12.1 Å². The number of aromatic nitrogens is 1. The third-order valence-electron chi connectivity index (χ3n) is 4.88. The molecule has 0 fully saturated rings. The first-order valence-corrected chi connectivity index (χ1v) is 9.42. The SMILES string of the molecule is COc1ccc(NC(=O)c2ccc(N3c4ccccc4CC3C)cn2)cc1Cl. The molecule has 4 rings (SSSR count). The Bertz CT molecular complexity index is 1020. The van der Waals surface area contributed by atoms with Crippen LogP contribution in [-0.2, 0) is 6.42 Å². The number of hydrogen-bond acceptors (Lipinski definition) is 4. The summed E-state index contributed by atoms with van der Waals surface area (Å²) < 4.78 is 5.12. The number of nitrogens with one attached hydrogen (secondary N) is 1. The topological polar surface area (TPSA) is 54.5 Å². The molecule has 1 aliphatic rings. The maximum Gasteiger partial charge on any atom is 0.274 e. The van der Waals surface area contributed by atoms with Gasteiger partial charge in [-0.05, 0) is 55.3 Å². The first kappa shape index (κ1) is 18.3. The van der Waals surface area contributed by atoms with Gasteiger partial charge in [-0.15, -0.1) is 0 Å². The minimum absolute atomic E-state index is 0.289. The molecule has 5 nitrogen and oxygen atoms in total. The summed E-state index contributed by atoms with van der Waals surface area (Å²) in [6, 6.07) is 17.5. The minimum Gasteiger partial charge on any atom is -0.495 e. The van der Waals surface area contributed by atoms with Gasteiger partial charge in [-0.25, -0.2) is 4.98 Å². The van der Waals surface area contributed by atoms with Gasteiger partial charge in [0.15, 0.2) is 0 Å². The summed E-state index contributed by atoms with van der Waals surface area (Å²) in [6.07, 6.45) is 2.74.